The van der Waals surface area contributed by atoms with Gasteiger partial charge in [0.1, 0.15) is 17.3 Å². The van der Waals surface area contributed by atoms with Crippen LogP contribution in [0.4, 0.5) is 0 Å². The van der Waals surface area contributed by atoms with Crippen LogP contribution in [0.15, 0.2) is 212 Å². The average Bonchev–Trinajstić information content (AvgIpc) is 3.93. The molecule has 11 aromatic rings. The Morgan fingerprint density at radius 2 is 1.22 bits per heavy atom. The quantitative estimate of drug-likeness (QED) is 0.114. The van der Waals surface area contributed by atoms with Gasteiger partial charge in [-0.25, -0.2) is 4.98 Å². The first-order valence-corrected chi connectivity index (χ1v) is 19.4. The molecule has 0 aliphatic carbocycles. The van der Waals surface area contributed by atoms with Crippen LogP contribution in [0.1, 0.15) is 19.3 Å². The van der Waals surface area contributed by atoms with E-state index in [1.807, 2.05) is 91.1 Å². The lowest BCUT2D eigenvalue weighted by Crippen LogP contribution is -2.31. The van der Waals surface area contributed by atoms with Gasteiger partial charge in [0.25, 0.3) is 6.33 Å². The van der Waals surface area contributed by atoms with Crippen molar-refractivity contribution in [2.75, 3.05) is 0 Å². The molecule has 3 aromatic heterocycles. The van der Waals surface area contributed by atoms with Crippen molar-refractivity contribution in [1.29, 1.82) is 0 Å². The molecule has 0 N–H and O–H groups in total. The van der Waals surface area contributed by atoms with E-state index < -0.39 is 60.4 Å². The molecule has 0 unspecified atom stereocenters. The minimum Gasteiger partial charge on any atom is -0.458 e. The molecule has 60 heavy (non-hydrogen) atoms. The van der Waals surface area contributed by atoms with Crippen molar-refractivity contribution in [3.8, 4) is 62.1 Å². The number of para-hydroxylation sites is 4. The smallest absolute Gasteiger partial charge is 0.269 e. The van der Waals surface area contributed by atoms with Gasteiger partial charge in [0.2, 0.25) is 0 Å². The van der Waals surface area contributed by atoms with Crippen molar-refractivity contribution >= 4 is 32.8 Å². The molecule has 5 heteroatoms. The summed E-state index contributed by atoms with van der Waals surface area (Å²) in [6, 6.07) is 41.1. The molecule has 284 valence electrons. The minimum absolute atomic E-state index is 0.130. The summed E-state index contributed by atoms with van der Waals surface area (Å²) in [4.78, 5) is 4.85. The zero-order valence-electron chi connectivity index (χ0n) is 42.1. The first-order chi connectivity index (χ1) is 33.8. The molecule has 0 saturated heterocycles. The summed E-state index contributed by atoms with van der Waals surface area (Å²) in [7, 11) is 0. The Morgan fingerprint density at radius 3 is 1.98 bits per heavy atom. The standard InChI is InChI=1S/C55H38N4O/c1-38-26-28-39(29-27-38)42-32-33-56-54(34-42)59-50-23-9-8-20-48(50)49-31-30-45(36-53(49)59)60-44-19-12-18-43(35-44)57-37-58(52-25-11-10-24-51(52)57)55-46(40-14-4-2-5-15-40)21-13-22-47(55)41-16-6-3-7-17-41/h2-36H,1H3/i2D,3D,4D,5D,6D,7D,14D,15D,16D,17D. The topological polar surface area (TPSA) is 35.9 Å². The third kappa shape index (κ3) is 6.21. The van der Waals surface area contributed by atoms with Crippen molar-refractivity contribution in [2.45, 2.75) is 6.92 Å². The van der Waals surface area contributed by atoms with E-state index in [2.05, 4.69) is 60.3 Å². The highest BCUT2D eigenvalue weighted by atomic mass is 16.5. The van der Waals surface area contributed by atoms with E-state index in [0.29, 0.717) is 28.2 Å². The van der Waals surface area contributed by atoms with Crippen molar-refractivity contribution < 1.29 is 23.0 Å². The van der Waals surface area contributed by atoms with Gasteiger partial charge in [-0.3, -0.25) is 13.7 Å². The Balaban J connectivity index is 1.06. The molecule has 0 atom stereocenters. The van der Waals surface area contributed by atoms with Crippen LogP contribution in [0.25, 0.3) is 83.4 Å². The van der Waals surface area contributed by atoms with Gasteiger partial charge in [0, 0.05) is 23.0 Å². The second kappa shape index (κ2) is 14.7. The van der Waals surface area contributed by atoms with Gasteiger partial charge in [0.15, 0.2) is 0 Å². The van der Waals surface area contributed by atoms with Crippen LogP contribution in [-0.4, -0.2) is 14.1 Å². The number of aryl methyl sites for hydroxylation is 1. The second-order valence-electron chi connectivity index (χ2n) is 14.4. The zero-order chi connectivity index (χ0) is 48.7. The lowest BCUT2D eigenvalue weighted by atomic mass is 9.95. The lowest BCUT2D eigenvalue weighted by Gasteiger charge is -2.17. The lowest BCUT2D eigenvalue weighted by molar-refractivity contribution is -0.571. The minimum atomic E-state index is -0.567. The number of rotatable bonds is 8. The van der Waals surface area contributed by atoms with E-state index in [0.717, 1.165) is 38.8 Å². The van der Waals surface area contributed by atoms with E-state index in [1.165, 1.54) is 5.56 Å². The molecule has 0 amide bonds. The molecular formula is C55H38N4O. The van der Waals surface area contributed by atoms with Crippen LogP contribution in [-0.2, 0) is 0 Å². The number of hydrogen-bond acceptors (Lipinski definition) is 2. The Hall–Kier alpha value is -8.02. The number of aromatic nitrogens is 4. The van der Waals surface area contributed by atoms with Crippen molar-refractivity contribution in [1.82, 2.24) is 14.1 Å². The fourth-order valence-corrected chi connectivity index (χ4v) is 7.92. The van der Waals surface area contributed by atoms with E-state index in [-0.39, 0.29) is 27.9 Å². The van der Waals surface area contributed by atoms with Gasteiger partial charge in [-0.2, -0.15) is 0 Å². The maximum absolute atomic E-state index is 9.01. The summed E-state index contributed by atoms with van der Waals surface area (Å²) in [5, 5.41) is 2.10. The molecule has 0 bridgehead atoms. The molecular weight excluding hydrogens is 733 g/mol. The molecule has 0 spiro atoms. The summed E-state index contributed by atoms with van der Waals surface area (Å²) in [6.07, 6.45) is 5.26. The normalized spacial score (nSPS) is 13.8. The molecule has 3 heterocycles. The van der Waals surface area contributed by atoms with Crippen LogP contribution in [0, 0.1) is 13.3 Å². The van der Waals surface area contributed by atoms with Gasteiger partial charge < -0.3 is 4.74 Å². The molecule has 0 aliphatic heterocycles. The first-order valence-electron chi connectivity index (χ1n) is 24.4. The number of fused-ring (bicyclic) bond motifs is 4. The Morgan fingerprint density at radius 1 is 0.550 bits per heavy atom. The van der Waals surface area contributed by atoms with Crippen LogP contribution < -0.4 is 9.30 Å². The summed E-state index contributed by atoms with van der Waals surface area (Å²) in [6.45, 7) is 2.07. The highest BCUT2D eigenvalue weighted by Gasteiger charge is 2.20. The molecule has 0 aliphatic rings. The van der Waals surface area contributed by atoms with Gasteiger partial charge >= 0.3 is 0 Å². The Bertz CT molecular complexity index is 3810. The van der Waals surface area contributed by atoms with E-state index in [1.54, 1.807) is 27.3 Å². The summed E-state index contributed by atoms with van der Waals surface area (Å²) < 4.78 is 99.1. The summed E-state index contributed by atoms with van der Waals surface area (Å²) >= 11 is 0. The maximum atomic E-state index is 9.01. The fourth-order valence-electron chi connectivity index (χ4n) is 7.92. The summed E-state index contributed by atoms with van der Waals surface area (Å²) in [5.41, 5.74) is 7.29. The first kappa shape index (κ1) is 26.1. The van der Waals surface area contributed by atoms with E-state index in [4.69, 9.17) is 23.4 Å². The second-order valence-corrected chi connectivity index (χ2v) is 14.4. The molecule has 8 aromatic carbocycles. The molecule has 0 fully saturated rings. The predicted octanol–water partition coefficient (Wildman–Crippen LogP) is 13.3. The SMILES string of the molecule is [2H]c1c([2H])c([2H])c(-c2cccc(-c3c([2H])c([2H])c([2H])c([2H])c3[2H])c2-[n+]2[c-]n(-c3cccc(Oc4ccc5c6ccccc6n(-c6cc(-c7ccc(C)cc7)ccn6)c5c4)c3)c3ccccc32)c([2H])c1[2H]. The Kier molecular flexibility index (Phi) is 6.40. The number of benzene rings is 8. The van der Waals surface area contributed by atoms with Crippen molar-refractivity contribution in [2.24, 2.45) is 0 Å². The van der Waals surface area contributed by atoms with Crippen LogP contribution in [0.5, 0.6) is 11.5 Å². The van der Waals surface area contributed by atoms with Gasteiger partial charge in [-0.05, 0) is 88.8 Å². The third-order valence-corrected chi connectivity index (χ3v) is 10.7. The number of imidazole rings is 1. The van der Waals surface area contributed by atoms with Crippen LogP contribution >= 0.6 is 0 Å². The van der Waals surface area contributed by atoms with Crippen LogP contribution in [0.2, 0.25) is 0 Å². The van der Waals surface area contributed by atoms with Gasteiger partial charge in [-0.15, -0.1) is 0 Å². The predicted molar refractivity (Wildman–Crippen MR) is 243 cm³/mol. The van der Waals surface area contributed by atoms with Gasteiger partial charge in [-0.1, -0.05) is 157 Å². The highest BCUT2D eigenvalue weighted by Crippen LogP contribution is 2.37. The number of nitrogens with zero attached hydrogens (tertiary/aromatic N) is 4. The summed E-state index contributed by atoms with van der Waals surface area (Å²) in [5.74, 6) is 1.85. The van der Waals surface area contributed by atoms with Crippen LogP contribution in [0.3, 0.4) is 0 Å². The largest absolute Gasteiger partial charge is 0.458 e. The fraction of sp³-hybridized carbons (Fsp3) is 0.0182. The third-order valence-electron chi connectivity index (χ3n) is 10.7. The molecule has 5 nitrogen and oxygen atoms in total. The number of pyridine rings is 1. The van der Waals surface area contributed by atoms with Crippen molar-refractivity contribution in [3.63, 3.8) is 0 Å². The van der Waals surface area contributed by atoms with E-state index >= 15 is 0 Å². The number of ether oxygens (including phenoxy) is 1. The van der Waals surface area contributed by atoms with E-state index in [9.17, 15) is 0 Å². The molecule has 11 rings (SSSR count). The highest BCUT2D eigenvalue weighted by molar-refractivity contribution is 6.09. The van der Waals surface area contributed by atoms with Crippen molar-refractivity contribution in [3.05, 3.63) is 224 Å². The Labute approximate surface area is 362 Å². The van der Waals surface area contributed by atoms with Gasteiger partial charge in [0.05, 0.1) is 47.1 Å². The molecule has 0 radical (unpaired) electrons. The zero-order valence-corrected chi connectivity index (χ0v) is 32.1. The number of hydrogen-bond donors (Lipinski definition) is 0. The molecule has 0 saturated carbocycles. The maximum Gasteiger partial charge on any atom is 0.269 e. The average molecular weight is 781 g/mol. The monoisotopic (exact) mass is 780 g/mol.